The Morgan fingerprint density at radius 2 is 2.06 bits per heavy atom. The van der Waals surface area contributed by atoms with Crippen molar-refractivity contribution in [2.75, 3.05) is 5.32 Å². The van der Waals surface area contributed by atoms with Crippen molar-refractivity contribution in [1.29, 1.82) is 0 Å². The molecule has 0 atom stereocenters. The zero-order valence-electron chi connectivity index (χ0n) is 8.34. The monoisotopic (exact) mass is 231 g/mol. The van der Waals surface area contributed by atoms with E-state index in [-0.39, 0.29) is 5.91 Å². The highest BCUT2D eigenvalue weighted by Gasteiger charge is 2.08. The van der Waals surface area contributed by atoms with E-state index in [0.717, 1.165) is 6.29 Å². The van der Waals surface area contributed by atoms with Gasteiger partial charge in [0, 0.05) is 10.9 Å². The normalized spacial score (nSPS) is 9.75. The summed E-state index contributed by atoms with van der Waals surface area (Å²) in [4.78, 5) is 22.5. The molecular weight excluding hydrogens is 222 g/mol. The van der Waals surface area contributed by atoms with E-state index < -0.39 is 0 Å². The minimum atomic E-state index is -0.199. The zero-order valence-corrected chi connectivity index (χ0v) is 9.16. The van der Waals surface area contributed by atoms with Gasteiger partial charge in [0.2, 0.25) is 0 Å². The van der Waals surface area contributed by atoms with Gasteiger partial charge >= 0.3 is 0 Å². The number of para-hydroxylation sites is 1. The third-order valence-corrected chi connectivity index (χ3v) is 2.80. The summed E-state index contributed by atoms with van der Waals surface area (Å²) in [5.74, 6) is -0.199. The maximum atomic E-state index is 11.7. The number of rotatable bonds is 3. The van der Waals surface area contributed by atoms with Crippen molar-refractivity contribution >= 4 is 29.2 Å². The predicted octanol–water partition coefficient (Wildman–Crippen LogP) is 2.81. The largest absolute Gasteiger partial charge is 0.321 e. The molecule has 0 saturated heterocycles. The third-order valence-electron chi connectivity index (χ3n) is 2.12. The molecule has 0 aliphatic rings. The number of nitrogens with one attached hydrogen (secondary N) is 1. The number of hydrogen-bond acceptors (Lipinski definition) is 3. The molecule has 1 aromatic carbocycles. The number of aldehydes is 1. The topological polar surface area (TPSA) is 46.2 Å². The molecule has 4 heteroatoms. The number of benzene rings is 1. The number of hydrogen-bond donors (Lipinski definition) is 1. The summed E-state index contributed by atoms with van der Waals surface area (Å²) in [5, 5.41) is 6.30. The van der Waals surface area contributed by atoms with Crippen LogP contribution >= 0.6 is 11.3 Å². The Labute approximate surface area is 96.7 Å². The molecule has 0 aliphatic heterocycles. The summed E-state index contributed by atoms with van der Waals surface area (Å²) in [6, 6.07) is 8.63. The van der Waals surface area contributed by atoms with Crippen LogP contribution in [-0.4, -0.2) is 12.2 Å². The lowest BCUT2D eigenvalue weighted by Gasteiger charge is -2.05. The van der Waals surface area contributed by atoms with Gasteiger partial charge in [0.25, 0.3) is 5.91 Å². The minimum absolute atomic E-state index is 0.199. The van der Waals surface area contributed by atoms with Crippen LogP contribution in [0.3, 0.4) is 0 Å². The second-order valence-corrected chi connectivity index (χ2v) is 3.95. The van der Waals surface area contributed by atoms with Crippen LogP contribution in [0.1, 0.15) is 20.7 Å². The highest BCUT2D eigenvalue weighted by Crippen LogP contribution is 2.15. The van der Waals surface area contributed by atoms with E-state index in [0.29, 0.717) is 16.8 Å². The van der Waals surface area contributed by atoms with Crippen LogP contribution in [0.5, 0.6) is 0 Å². The number of anilines is 1. The molecule has 0 aliphatic carbocycles. The number of thiophene rings is 1. The molecule has 0 spiro atoms. The maximum absolute atomic E-state index is 11.7. The molecule has 1 heterocycles. The Morgan fingerprint density at radius 3 is 2.75 bits per heavy atom. The van der Waals surface area contributed by atoms with Gasteiger partial charge in [-0.1, -0.05) is 12.1 Å². The van der Waals surface area contributed by atoms with E-state index in [9.17, 15) is 9.59 Å². The fraction of sp³-hybridized carbons (Fsp3) is 0. The fourth-order valence-electron chi connectivity index (χ4n) is 1.30. The van der Waals surface area contributed by atoms with E-state index >= 15 is 0 Å². The van der Waals surface area contributed by atoms with Crippen molar-refractivity contribution in [3.8, 4) is 0 Å². The molecule has 0 fully saturated rings. The van der Waals surface area contributed by atoms with Gasteiger partial charge in [-0.2, -0.15) is 11.3 Å². The minimum Gasteiger partial charge on any atom is -0.321 e. The summed E-state index contributed by atoms with van der Waals surface area (Å²) < 4.78 is 0. The predicted molar refractivity (Wildman–Crippen MR) is 64.1 cm³/mol. The van der Waals surface area contributed by atoms with Crippen molar-refractivity contribution < 1.29 is 9.59 Å². The number of amides is 1. The van der Waals surface area contributed by atoms with Crippen LogP contribution < -0.4 is 5.32 Å². The van der Waals surface area contributed by atoms with Crippen molar-refractivity contribution in [2.24, 2.45) is 0 Å². The van der Waals surface area contributed by atoms with Crippen molar-refractivity contribution in [3.05, 3.63) is 52.2 Å². The van der Waals surface area contributed by atoms with Gasteiger partial charge in [-0.3, -0.25) is 9.59 Å². The highest BCUT2D eigenvalue weighted by molar-refractivity contribution is 7.08. The molecule has 0 bridgehead atoms. The first-order valence-electron chi connectivity index (χ1n) is 4.69. The second-order valence-electron chi connectivity index (χ2n) is 3.17. The standard InChI is InChI=1S/C12H9NO2S/c14-7-9-3-1-2-4-11(9)13-12(15)10-5-6-16-8-10/h1-8H,(H,13,15). The summed E-state index contributed by atoms with van der Waals surface area (Å²) in [6.07, 6.45) is 0.725. The number of carbonyl (C=O) groups is 2. The molecule has 80 valence electrons. The van der Waals surface area contributed by atoms with Crippen molar-refractivity contribution in [3.63, 3.8) is 0 Å². The zero-order chi connectivity index (χ0) is 11.4. The Balaban J connectivity index is 2.21. The molecule has 2 aromatic rings. The van der Waals surface area contributed by atoms with Gasteiger partial charge in [0.15, 0.2) is 6.29 Å². The van der Waals surface area contributed by atoms with E-state index in [1.54, 1.807) is 35.7 Å². The highest BCUT2D eigenvalue weighted by atomic mass is 32.1. The molecule has 16 heavy (non-hydrogen) atoms. The summed E-state index contributed by atoms with van der Waals surface area (Å²) in [5.41, 5.74) is 1.62. The Bertz CT molecular complexity index is 505. The first-order valence-corrected chi connectivity index (χ1v) is 5.63. The van der Waals surface area contributed by atoms with Gasteiger partial charge in [0.1, 0.15) is 0 Å². The molecule has 1 amide bonds. The molecule has 0 radical (unpaired) electrons. The maximum Gasteiger partial charge on any atom is 0.256 e. The molecule has 2 rings (SSSR count). The van der Waals surface area contributed by atoms with Gasteiger partial charge in [-0.15, -0.1) is 0 Å². The van der Waals surface area contributed by atoms with E-state index in [2.05, 4.69) is 5.32 Å². The first kappa shape index (κ1) is 10.6. The Kier molecular flexibility index (Phi) is 3.12. The van der Waals surface area contributed by atoms with Crippen LogP contribution in [0.15, 0.2) is 41.1 Å². The van der Waals surface area contributed by atoms with E-state index in [1.807, 2.05) is 5.38 Å². The van der Waals surface area contributed by atoms with E-state index in [4.69, 9.17) is 0 Å². The molecule has 1 aromatic heterocycles. The van der Waals surface area contributed by atoms with Crippen LogP contribution in [0, 0.1) is 0 Å². The van der Waals surface area contributed by atoms with Crippen LogP contribution in [0.4, 0.5) is 5.69 Å². The van der Waals surface area contributed by atoms with Crippen LogP contribution in [0.25, 0.3) is 0 Å². The van der Waals surface area contributed by atoms with Crippen molar-refractivity contribution in [2.45, 2.75) is 0 Å². The quantitative estimate of drug-likeness (QED) is 0.825. The van der Waals surface area contributed by atoms with Gasteiger partial charge < -0.3 is 5.32 Å². The lowest BCUT2D eigenvalue weighted by molar-refractivity contribution is 0.102. The van der Waals surface area contributed by atoms with E-state index in [1.165, 1.54) is 11.3 Å². The van der Waals surface area contributed by atoms with Gasteiger partial charge in [0.05, 0.1) is 11.3 Å². The average molecular weight is 231 g/mol. The lowest BCUT2D eigenvalue weighted by atomic mass is 10.2. The number of carbonyl (C=O) groups excluding carboxylic acids is 2. The molecule has 3 nitrogen and oxygen atoms in total. The molecule has 0 unspecified atom stereocenters. The van der Waals surface area contributed by atoms with Crippen LogP contribution in [0.2, 0.25) is 0 Å². The molecule has 1 N–H and O–H groups in total. The summed E-state index contributed by atoms with van der Waals surface area (Å²) in [6.45, 7) is 0. The Hall–Kier alpha value is -1.94. The van der Waals surface area contributed by atoms with Gasteiger partial charge in [-0.25, -0.2) is 0 Å². The summed E-state index contributed by atoms with van der Waals surface area (Å²) in [7, 11) is 0. The van der Waals surface area contributed by atoms with Crippen LogP contribution in [-0.2, 0) is 0 Å². The fourth-order valence-corrected chi connectivity index (χ4v) is 1.94. The first-order chi connectivity index (χ1) is 7.81. The lowest BCUT2D eigenvalue weighted by Crippen LogP contribution is -2.12. The molecular formula is C12H9NO2S. The second kappa shape index (κ2) is 4.72. The average Bonchev–Trinajstić information content (AvgIpc) is 2.83. The third kappa shape index (κ3) is 2.17. The van der Waals surface area contributed by atoms with Gasteiger partial charge in [-0.05, 0) is 23.6 Å². The summed E-state index contributed by atoms with van der Waals surface area (Å²) >= 11 is 1.46. The molecule has 0 saturated carbocycles. The van der Waals surface area contributed by atoms with Crippen molar-refractivity contribution in [1.82, 2.24) is 0 Å². The smallest absolute Gasteiger partial charge is 0.256 e. The Morgan fingerprint density at radius 1 is 1.25 bits per heavy atom. The SMILES string of the molecule is O=Cc1ccccc1NC(=O)c1ccsc1.